The molecule has 0 N–H and O–H groups in total. The highest BCUT2D eigenvalue weighted by Crippen LogP contribution is 2.42. The maximum Gasteiger partial charge on any atom is 0.135 e. The fraction of sp³-hybridized carbons (Fsp3) is 0. The van der Waals surface area contributed by atoms with Crippen molar-refractivity contribution < 1.29 is 4.42 Å². The van der Waals surface area contributed by atoms with Crippen molar-refractivity contribution in [3.8, 4) is 22.5 Å². The van der Waals surface area contributed by atoms with E-state index in [2.05, 4.69) is 214 Å². The first-order chi connectivity index (χ1) is 28.8. The number of rotatable bonds is 6. The Morgan fingerprint density at radius 2 is 0.897 bits per heavy atom. The smallest absolute Gasteiger partial charge is 0.135 e. The topological polar surface area (TPSA) is 26.2 Å². The molecular formula is C54H35N3O. The molecule has 12 aromatic rings. The van der Waals surface area contributed by atoms with Crippen molar-refractivity contribution in [1.29, 1.82) is 0 Å². The lowest BCUT2D eigenvalue weighted by atomic mass is 9.98. The average molecular weight is 742 g/mol. The van der Waals surface area contributed by atoms with Crippen LogP contribution in [0.25, 0.3) is 88.1 Å². The van der Waals surface area contributed by atoms with Gasteiger partial charge in [-0.15, -0.1) is 0 Å². The third kappa shape index (κ3) is 4.95. The van der Waals surface area contributed by atoms with E-state index in [1.54, 1.807) is 0 Å². The Morgan fingerprint density at radius 1 is 0.328 bits per heavy atom. The van der Waals surface area contributed by atoms with Crippen LogP contribution in [0.1, 0.15) is 0 Å². The number of fused-ring (bicyclic) bond motifs is 9. The molecule has 9 aromatic carbocycles. The van der Waals surface area contributed by atoms with E-state index in [4.69, 9.17) is 4.42 Å². The number of hydrogen-bond acceptors (Lipinski definition) is 2. The van der Waals surface area contributed by atoms with Crippen molar-refractivity contribution in [2.75, 3.05) is 4.90 Å². The minimum absolute atomic E-state index is 0.887. The Hall–Kier alpha value is -7.82. The monoisotopic (exact) mass is 741 g/mol. The normalized spacial score (nSPS) is 11.8. The van der Waals surface area contributed by atoms with Crippen LogP contribution >= 0.6 is 0 Å². The molecule has 0 aliphatic heterocycles. The Morgan fingerprint density at radius 3 is 1.71 bits per heavy atom. The number of nitrogens with zero attached hydrogens (tertiary/aromatic N) is 3. The highest BCUT2D eigenvalue weighted by molar-refractivity contribution is 6.17. The number of aromatic nitrogens is 2. The molecule has 3 heterocycles. The van der Waals surface area contributed by atoms with Crippen LogP contribution < -0.4 is 4.90 Å². The summed E-state index contributed by atoms with van der Waals surface area (Å²) in [6.07, 6.45) is 0. The van der Waals surface area contributed by atoms with Gasteiger partial charge in [0, 0.05) is 60.8 Å². The van der Waals surface area contributed by atoms with E-state index in [9.17, 15) is 0 Å². The molecule has 0 saturated heterocycles. The quantitative estimate of drug-likeness (QED) is 0.170. The predicted molar refractivity (Wildman–Crippen MR) is 243 cm³/mol. The Kier molecular flexibility index (Phi) is 7.20. The Bertz CT molecular complexity index is 3500. The second kappa shape index (κ2) is 12.9. The summed E-state index contributed by atoms with van der Waals surface area (Å²) >= 11 is 0. The van der Waals surface area contributed by atoms with E-state index < -0.39 is 0 Å². The first-order valence-corrected chi connectivity index (χ1v) is 19.8. The van der Waals surface area contributed by atoms with E-state index in [-0.39, 0.29) is 0 Å². The van der Waals surface area contributed by atoms with Crippen molar-refractivity contribution in [2.45, 2.75) is 0 Å². The summed E-state index contributed by atoms with van der Waals surface area (Å²) in [5.74, 6) is 0. The number of anilines is 3. The number of hydrogen-bond donors (Lipinski definition) is 0. The van der Waals surface area contributed by atoms with Crippen LogP contribution in [-0.2, 0) is 0 Å². The number of para-hydroxylation sites is 5. The molecule has 0 aliphatic rings. The van der Waals surface area contributed by atoms with Gasteiger partial charge in [0.2, 0.25) is 0 Å². The summed E-state index contributed by atoms with van der Waals surface area (Å²) in [5, 5.41) is 7.20. The van der Waals surface area contributed by atoms with Gasteiger partial charge in [-0.3, -0.25) is 0 Å². The molecule has 3 aromatic heterocycles. The zero-order chi connectivity index (χ0) is 38.2. The van der Waals surface area contributed by atoms with Gasteiger partial charge in [-0.1, -0.05) is 109 Å². The van der Waals surface area contributed by atoms with Crippen molar-refractivity contribution in [2.24, 2.45) is 0 Å². The molecule has 4 heteroatoms. The van der Waals surface area contributed by atoms with Gasteiger partial charge in [0.25, 0.3) is 0 Å². The lowest BCUT2D eigenvalue weighted by Crippen LogP contribution is -2.09. The standard InChI is InChI=1S/C54H35N3O/c1-3-14-37(15-4-1)55(41-31-33-53-47(35-41)44-19-9-12-25-52(44)58-53)39-27-29-40(30-28-39)56-48-22-10-7-18-43(48)46-34-36(26-32-50(46)56)42-21-13-24-51-54(42)45-20-8-11-23-49(45)57(51)38-16-5-2-6-17-38/h1-35H. The van der Waals surface area contributed by atoms with Crippen LogP contribution in [-0.4, -0.2) is 9.13 Å². The van der Waals surface area contributed by atoms with E-state index in [0.717, 1.165) is 50.4 Å². The fourth-order valence-electron chi connectivity index (χ4n) is 9.16. The second-order valence-electron chi connectivity index (χ2n) is 14.9. The molecule has 272 valence electrons. The summed E-state index contributed by atoms with van der Waals surface area (Å²) in [6, 6.07) is 76.2. The third-order valence-corrected chi connectivity index (χ3v) is 11.7. The molecule has 0 bridgehead atoms. The molecule has 0 spiro atoms. The summed E-state index contributed by atoms with van der Waals surface area (Å²) in [5.41, 5.74) is 14.5. The summed E-state index contributed by atoms with van der Waals surface area (Å²) in [6.45, 7) is 0. The fourth-order valence-corrected chi connectivity index (χ4v) is 9.16. The first kappa shape index (κ1) is 32.4. The zero-order valence-electron chi connectivity index (χ0n) is 31.5. The minimum Gasteiger partial charge on any atom is -0.456 e. The van der Waals surface area contributed by atoms with Gasteiger partial charge in [-0.2, -0.15) is 0 Å². The van der Waals surface area contributed by atoms with E-state index in [1.807, 2.05) is 12.1 Å². The molecular weight excluding hydrogens is 707 g/mol. The van der Waals surface area contributed by atoms with E-state index >= 15 is 0 Å². The predicted octanol–water partition coefficient (Wildman–Crippen LogP) is 14.9. The maximum absolute atomic E-state index is 6.19. The number of benzene rings is 9. The number of furan rings is 1. The summed E-state index contributed by atoms with van der Waals surface area (Å²) in [4.78, 5) is 2.32. The van der Waals surface area contributed by atoms with Crippen LogP contribution in [0.5, 0.6) is 0 Å². The van der Waals surface area contributed by atoms with Crippen LogP contribution in [0, 0.1) is 0 Å². The van der Waals surface area contributed by atoms with Gasteiger partial charge >= 0.3 is 0 Å². The van der Waals surface area contributed by atoms with Crippen molar-refractivity contribution in [3.05, 3.63) is 212 Å². The first-order valence-electron chi connectivity index (χ1n) is 19.8. The Labute approximate surface area is 334 Å². The minimum atomic E-state index is 0.887. The SMILES string of the molecule is c1ccc(N(c2ccc(-n3c4ccccc4c4cc(-c5cccc6c5c5ccccc5n6-c5ccccc5)ccc43)cc2)c2ccc3oc4ccccc4c3c2)cc1. The van der Waals surface area contributed by atoms with Crippen LogP contribution in [0.15, 0.2) is 217 Å². The molecule has 0 radical (unpaired) electrons. The van der Waals surface area contributed by atoms with Gasteiger partial charge in [0.05, 0.1) is 22.1 Å². The van der Waals surface area contributed by atoms with Crippen LogP contribution in [0.2, 0.25) is 0 Å². The zero-order valence-corrected chi connectivity index (χ0v) is 31.5. The van der Waals surface area contributed by atoms with Crippen molar-refractivity contribution in [1.82, 2.24) is 9.13 Å². The summed E-state index contributed by atoms with van der Waals surface area (Å²) < 4.78 is 11.0. The van der Waals surface area contributed by atoms with Crippen molar-refractivity contribution in [3.63, 3.8) is 0 Å². The lowest BCUT2D eigenvalue weighted by molar-refractivity contribution is 0.669. The molecule has 12 rings (SSSR count). The summed E-state index contributed by atoms with van der Waals surface area (Å²) in [7, 11) is 0. The molecule has 0 saturated carbocycles. The largest absolute Gasteiger partial charge is 0.456 e. The molecule has 0 aliphatic carbocycles. The van der Waals surface area contributed by atoms with Crippen LogP contribution in [0.4, 0.5) is 17.1 Å². The molecule has 58 heavy (non-hydrogen) atoms. The second-order valence-corrected chi connectivity index (χ2v) is 14.9. The van der Waals surface area contributed by atoms with Gasteiger partial charge in [0.1, 0.15) is 11.2 Å². The van der Waals surface area contributed by atoms with E-state index in [1.165, 1.54) is 54.7 Å². The third-order valence-electron chi connectivity index (χ3n) is 11.7. The van der Waals surface area contributed by atoms with E-state index in [0.29, 0.717) is 0 Å². The molecule has 0 fully saturated rings. The van der Waals surface area contributed by atoms with Gasteiger partial charge in [0.15, 0.2) is 0 Å². The molecule has 0 atom stereocenters. The van der Waals surface area contributed by atoms with Gasteiger partial charge in [-0.05, 0) is 114 Å². The molecule has 0 unspecified atom stereocenters. The highest BCUT2D eigenvalue weighted by Gasteiger charge is 2.20. The Balaban J connectivity index is 0.993. The lowest BCUT2D eigenvalue weighted by Gasteiger charge is -2.26. The van der Waals surface area contributed by atoms with Gasteiger partial charge < -0.3 is 18.5 Å². The average Bonchev–Trinajstić information content (AvgIpc) is 3.95. The van der Waals surface area contributed by atoms with Crippen molar-refractivity contribution >= 4 is 82.6 Å². The molecule has 4 nitrogen and oxygen atoms in total. The highest BCUT2D eigenvalue weighted by atomic mass is 16.3. The van der Waals surface area contributed by atoms with Gasteiger partial charge in [-0.25, -0.2) is 0 Å². The molecule has 0 amide bonds. The van der Waals surface area contributed by atoms with Crippen LogP contribution in [0.3, 0.4) is 0 Å². The maximum atomic E-state index is 6.19.